The number of aromatic hydroxyl groups is 2. The highest BCUT2D eigenvalue weighted by Crippen LogP contribution is 2.49. The number of aliphatic carboxylic acids is 2. The van der Waals surface area contributed by atoms with Crippen molar-refractivity contribution in [1.82, 2.24) is 24.8 Å². The van der Waals surface area contributed by atoms with E-state index in [0.717, 1.165) is 28.0 Å². The van der Waals surface area contributed by atoms with Gasteiger partial charge in [-0.2, -0.15) is 0 Å². The number of aromatic nitrogens is 3. The molecule has 0 spiro atoms. The first kappa shape index (κ1) is 37.9. The molecular weight excluding hydrogens is 761 g/mol. The van der Waals surface area contributed by atoms with Crippen molar-refractivity contribution in [2.75, 3.05) is 31.9 Å². The van der Waals surface area contributed by atoms with Gasteiger partial charge in [0.15, 0.2) is 22.3 Å². The molecule has 21 heteroatoms. The molecule has 4 saturated heterocycles. The monoisotopic (exact) mass is 799 g/mol. The summed E-state index contributed by atoms with van der Waals surface area (Å²) < 4.78 is 1.72. The number of carbonyl (C=O) groups is 4. The molecule has 2 aromatic heterocycles. The Kier molecular flexibility index (Phi) is 9.24. The number of aromatic amines is 1. The van der Waals surface area contributed by atoms with Gasteiger partial charge in [-0.25, -0.2) is 19.4 Å². The van der Waals surface area contributed by atoms with E-state index < -0.39 is 69.2 Å². The quantitative estimate of drug-likeness (QED) is 0.0459. The number of rotatable bonds is 11. The fraction of sp³-hybridized carbons (Fsp3) is 0.471. The number of hydrogen-bond acceptors (Lipinski definition) is 14. The van der Waals surface area contributed by atoms with Gasteiger partial charge in [-0.05, 0) is 26.8 Å². The molecule has 8 N–H and O–H groups in total. The lowest BCUT2D eigenvalue weighted by Crippen LogP contribution is -2.72. The molecule has 19 nitrogen and oxygen atoms in total. The molecule has 2 amide bonds. The second-order valence-corrected chi connectivity index (χ2v) is 17.4. The van der Waals surface area contributed by atoms with Gasteiger partial charge in [0.05, 0.1) is 30.5 Å². The Bertz CT molecular complexity index is 2320. The van der Waals surface area contributed by atoms with E-state index in [1.807, 2.05) is 6.92 Å². The number of benzene rings is 1. The Morgan fingerprint density at radius 1 is 1.13 bits per heavy atom. The van der Waals surface area contributed by atoms with E-state index in [1.165, 1.54) is 35.9 Å². The van der Waals surface area contributed by atoms with Gasteiger partial charge in [-0.15, -0.1) is 23.1 Å². The minimum Gasteiger partial charge on any atom is -0.504 e. The van der Waals surface area contributed by atoms with Crippen LogP contribution in [0.1, 0.15) is 45.7 Å². The van der Waals surface area contributed by atoms with Gasteiger partial charge in [-0.3, -0.25) is 23.9 Å². The van der Waals surface area contributed by atoms with Gasteiger partial charge < -0.3 is 45.8 Å². The number of carboxylic acids is 2. The Labute approximate surface area is 319 Å². The second kappa shape index (κ2) is 13.4. The molecule has 3 atom stereocenters. The first-order chi connectivity index (χ1) is 25.8. The number of phenols is 2. The predicted molar refractivity (Wildman–Crippen MR) is 198 cm³/mol. The Morgan fingerprint density at radius 3 is 2.38 bits per heavy atom. The van der Waals surface area contributed by atoms with Crippen LogP contribution in [0.15, 0.2) is 43.5 Å². The van der Waals surface area contributed by atoms with Crippen molar-refractivity contribution in [3.05, 3.63) is 55.3 Å². The molecule has 1 aromatic carbocycles. The van der Waals surface area contributed by atoms with Crippen LogP contribution in [0.25, 0.3) is 10.9 Å². The van der Waals surface area contributed by atoms with E-state index in [4.69, 9.17) is 10.6 Å². The van der Waals surface area contributed by atoms with Gasteiger partial charge in [0, 0.05) is 53.5 Å². The second-order valence-electron chi connectivity index (χ2n) is 15.1. The highest BCUT2D eigenvalue weighted by atomic mass is 32.2. The minimum absolute atomic E-state index is 0.00135. The molecule has 3 aromatic rings. The van der Waals surface area contributed by atoms with Gasteiger partial charge >= 0.3 is 17.6 Å². The number of β-lactam (4-membered cyclic amide) rings is 1. The largest absolute Gasteiger partial charge is 0.504 e. The number of amides is 2. The maximum atomic E-state index is 13.6. The molecule has 7 heterocycles. The minimum atomic E-state index is -1.80. The first-order valence-corrected chi connectivity index (χ1v) is 19.2. The van der Waals surface area contributed by atoms with Crippen LogP contribution in [0.5, 0.6) is 11.5 Å². The number of fused-ring (bicyclic) bond motifs is 5. The predicted octanol–water partition coefficient (Wildman–Crippen LogP) is 0.552. The normalized spacial score (nSPS) is 26.5. The van der Waals surface area contributed by atoms with Crippen molar-refractivity contribution >= 4 is 68.6 Å². The Balaban J connectivity index is 1.08. The fourth-order valence-electron chi connectivity index (χ4n) is 7.79. The van der Waals surface area contributed by atoms with Crippen LogP contribution in [0.2, 0.25) is 0 Å². The number of quaternary nitrogens is 1. The average Bonchev–Trinajstić information content (AvgIpc) is 3.56. The SMILES string of the molecule is C[C@@H]1S[C@@H]2[C@H](NC(=O)C(=NOC(C)(C)C(=O)O)c3csc(N)n3)C(=O)N2C(C(=O)O)=C1C[N+]12CCC(Cn3c(=O)[nH]c4cc(O)c(O)cc4c3=O)(CC1)CC2. The zero-order chi connectivity index (χ0) is 39.8. The van der Waals surface area contributed by atoms with Crippen molar-refractivity contribution in [1.29, 1.82) is 0 Å². The number of thiazole rings is 1. The molecule has 0 saturated carbocycles. The van der Waals surface area contributed by atoms with Crippen LogP contribution >= 0.6 is 23.1 Å². The molecule has 5 aliphatic rings. The highest BCUT2D eigenvalue weighted by Gasteiger charge is 2.58. The number of H-pyrrole nitrogens is 1. The number of phenolic OH excluding ortho intramolecular Hbond substituents is 2. The van der Waals surface area contributed by atoms with Crippen molar-refractivity contribution in [2.45, 2.75) is 68.8 Å². The van der Waals surface area contributed by atoms with Crippen molar-refractivity contribution in [3.8, 4) is 11.5 Å². The summed E-state index contributed by atoms with van der Waals surface area (Å²) in [4.78, 5) is 91.0. The number of nitrogen functional groups attached to an aromatic ring is 1. The topological polar surface area (TPSA) is 280 Å². The molecule has 4 fully saturated rings. The molecule has 0 radical (unpaired) electrons. The third-order valence-electron chi connectivity index (χ3n) is 11.2. The summed E-state index contributed by atoms with van der Waals surface area (Å²) in [7, 11) is 0. The molecule has 0 aliphatic carbocycles. The molecular formula is C34H39N8O11S2+. The number of carboxylic acid groups (broad SMARTS) is 2. The zero-order valence-corrected chi connectivity index (χ0v) is 31.5. The lowest BCUT2D eigenvalue weighted by atomic mass is 9.70. The summed E-state index contributed by atoms with van der Waals surface area (Å²) >= 11 is 2.35. The summed E-state index contributed by atoms with van der Waals surface area (Å²) in [5, 5.41) is 46.6. The number of anilines is 1. The van der Waals surface area contributed by atoms with Crippen molar-refractivity contribution in [3.63, 3.8) is 0 Å². The average molecular weight is 800 g/mol. The number of hydrogen-bond donors (Lipinski definition) is 7. The van der Waals surface area contributed by atoms with Crippen molar-refractivity contribution in [2.24, 2.45) is 10.6 Å². The number of carbonyl (C=O) groups excluding carboxylic acids is 2. The number of nitrogens with zero attached hydrogens (tertiary/aromatic N) is 5. The number of oxime groups is 1. The first-order valence-electron chi connectivity index (χ1n) is 17.3. The van der Waals surface area contributed by atoms with Crippen LogP contribution < -0.4 is 22.3 Å². The van der Waals surface area contributed by atoms with Crippen LogP contribution in [-0.4, -0.2) is 122 Å². The van der Waals surface area contributed by atoms with Crippen molar-refractivity contribution < 1.29 is 48.9 Å². The van der Waals surface area contributed by atoms with E-state index in [9.17, 15) is 49.2 Å². The number of thioether (sulfide) groups is 1. The third kappa shape index (κ3) is 6.58. The summed E-state index contributed by atoms with van der Waals surface area (Å²) in [6.45, 7) is 6.84. The smallest absolute Gasteiger partial charge is 0.352 e. The molecule has 0 unspecified atom stereocenters. The zero-order valence-electron chi connectivity index (χ0n) is 29.9. The lowest BCUT2D eigenvalue weighted by Gasteiger charge is -2.56. The maximum Gasteiger partial charge on any atom is 0.352 e. The van der Waals surface area contributed by atoms with Gasteiger partial charge in [0.2, 0.25) is 5.60 Å². The highest BCUT2D eigenvalue weighted by molar-refractivity contribution is 8.00. The number of piperidine rings is 3. The molecule has 5 aliphatic heterocycles. The molecule has 55 heavy (non-hydrogen) atoms. The summed E-state index contributed by atoms with van der Waals surface area (Å²) in [5.41, 5.74) is 2.58. The summed E-state index contributed by atoms with van der Waals surface area (Å²) in [6.07, 6.45) is 1.99. The van der Waals surface area contributed by atoms with Crippen LogP contribution in [0, 0.1) is 5.41 Å². The van der Waals surface area contributed by atoms with Gasteiger partial charge in [0.25, 0.3) is 17.4 Å². The summed E-state index contributed by atoms with van der Waals surface area (Å²) in [6, 6.07) is 1.14. The van der Waals surface area contributed by atoms with Gasteiger partial charge in [-0.1, -0.05) is 5.16 Å². The fourth-order valence-corrected chi connectivity index (χ4v) is 9.78. The van der Waals surface area contributed by atoms with E-state index in [2.05, 4.69) is 20.4 Å². The number of nitrogens with one attached hydrogen (secondary N) is 2. The summed E-state index contributed by atoms with van der Waals surface area (Å²) in [5.74, 6) is -5.06. The molecule has 8 rings (SSSR count). The van der Waals surface area contributed by atoms with Crippen LogP contribution in [0.3, 0.4) is 0 Å². The number of nitrogens with two attached hydrogens (primary N) is 1. The van der Waals surface area contributed by atoms with E-state index in [0.29, 0.717) is 55.5 Å². The van der Waals surface area contributed by atoms with E-state index in [-0.39, 0.29) is 44.6 Å². The maximum absolute atomic E-state index is 13.6. The van der Waals surface area contributed by atoms with E-state index in [1.54, 1.807) is 0 Å². The standard InChI is InChI=1S/C34H38N8O11S2/c1-15-17(12-42-7-4-34(5-8-42,6-9-42)14-40-26(46)16-10-20(43)21(44)11-18(16)37-32(40)52)24(29(48)49)41-27(47)23(28(41)55-15)38-25(45)22(19-13-54-31(35)36-19)39-53-33(2,3)30(50)51/h10-11,13,15,23,28H,4-9,12,14H2,1-3H3,(H7-,35,36,37,38,39,43,44,45,46,48,49,50,51,52)/p+1/t15-,23+,28+,34?,42?/m0/s1. The van der Waals surface area contributed by atoms with Crippen LogP contribution in [0.4, 0.5) is 5.13 Å². The Morgan fingerprint density at radius 2 is 1.78 bits per heavy atom. The van der Waals surface area contributed by atoms with Crippen LogP contribution in [-0.2, 0) is 30.6 Å². The van der Waals surface area contributed by atoms with Gasteiger partial charge in [0.1, 0.15) is 29.4 Å². The molecule has 292 valence electrons. The van der Waals surface area contributed by atoms with E-state index >= 15 is 0 Å². The lowest BCUT2D eigenvalue weighted by molar-refractivity contribution is -0.941. The Hall–Kier alpha value is -5.41. The molecule has 2 bridgehead atoms. The third-order valence-corrected chi connectivity index (χ3v) is 13.3.